The number of carbonyl (C=O) groups excluding carboxylic acids is 2. The molecule has 8 nitrogen and oxygen atoms in total. The van der Waals surface area contributed by atoms with E-state index in [1.165, 1.54) is 43.2 Å². The van der Waals surface area contributed by atoms with Crippen LogP contribution in [0.4, 0.5) is 5.69 Å². The second-order valence-electron chi connectivity index (χ2n) is 6.85. The van der Waals surface area contributed by atoms with Crippen LogP contribution in [0.25, 0.3) is 22.2 Å². The first kappa shape index (κ1) is 20.0. The number of methoxy groups -OCH3 is 1. The number of nitrogens with zero attached hydrogens (tertiary/aromatic N) is 1. The Morgan fingerprint density at radius 1 is 1.10 bits per heavy atom. The lowest BCUT2D eigenvalue weighted by Crippen LogP contribution is -2.13. The highest BCUT2D eigenvalue weighted by molar-refractivity contribution is 6.15. The molecule has 2 N–H and O–H groups in total. The monoisotopic (exact) mass is 418 g/mol. The minimum Gasteiger partial charge on any atom is -0.497 e. The number of aromatic nitrogens is 1. The summed E-state index contributed by atoms with van der Waals surface area (Å²) in [5, 5.41) is 12.7. The molecule has 0 aliphatic heterocycles. The number of hydrogen-bond acceptors (Lipinski definition) is 5. The van der Waals surface area contributed by atoms with Gasteiger partial charge in [0, 0.05) is 29.8 Å². The molecule has 0 radical (unpaired) electrons. The molecule has 0 atom stereocenters. The van der Waals surface area contributed by atoms with Gasteiger partial charge in [-0.1, -0.05) is 0 Å². The molecule has 2 aromatic carbocycles. The number of ether oxygens (including phenoxy) is 1. The van der Waals surface area contributed by atoms with Gasteiger partial charge in [0.2, 0.25) is 5.91 Å². The number of aromatic carboxylic acids is 1. The van der Waals surface area contributed by atoms with Crippen molar-refractivity contribution in [3.63, 3.8) is 0 Å². The number of anilines is 1. The Morgan fingerprint density at radius 2 is 1.90 bits per heavy atom. The van der Waals surface area contributed by atoms with Crippen molar-refractivity contribution in [2.45, 2.75) is 6.92 Å². The summed E-state index contributed by atoms with van der Waals surface area (Å²) < 4.78 is 12.0. The number of furan rings is 1. The maximum atomic E-state index is 13.1. The summed E-state index contributed by atoms with van der Waals surface area (Å²) in [6.45, 7) is 1.40. The van der Waals surface area contributed by atoms with Gasteiger partial charge in [-0.2, -0.15) is 0 Å². The number of carboxylic acid groups (broad SMARTS) is 1. The highest BCUT2D eigenvalue weighted by Crippen LogP contribution is 2.29. The summed E-state index contributed by atoms with van der Waals surface area (Å²) in [5.74, 6) is -0.873. The van der Waals surface area contributed by atoms with Crippen LogP contribution in [0.3, 0.4) is 0 Å². The van der Waals surface area contributed by atoms with Crippen LogP contribution in [0.5, 0.6) is 5.75 Å². The van der Waals surface area contributed by atoms with E-state index in [9.17, 15) is 19.5 Å². The minimum absolute atomic E-state index is 0.00275. The zero-order valence-corrected chi connectivity index (χ0v) is 16.7. The molecule has 8 heteroatoms. The van der Waals surface area contributed by atoms with E-state index in [0.29, 0.717) is 28.0 Å². The summed E-state index contributed by atoms with van der Waals surface area (Å²) in [5.41, 5.74) is 1.60. The van der Waals surface area contributed by atoms with E-state index >= 15 is 0 Å². The van der Waals surface area contributed by atoms with Crippen LogP contribution in [0, 0.1) is 0 Å². The molecule has 156 valence electrons. The average molecular weight is 418 g/mol. The van der Waals surface area contributed by atoms with Crippen LogP contribution in [0.1, 0.15) is 32.4 Å². The maximum absolute atomic E-state index is 13.1. The highest BCUT2D eigenvalue weighted by Gasteiger charge is 2.19. The van der Waals surface area contributed by atoms with Crippen LogP contribution in [0.2, 0.25) is 0 Å². The number of carbonyl (C=O) groups is 3. The summed E-state index contributed by atoms with van der Waals surface area (Å²) in [7, 11) is 1.51. The summed E-state index contributed by atoms with van der Waals surface area (Å²) in [4.78, 5) is 36.7. The van der Waals surface area contributed by atoms with E-state index in [2.05, 4.69) is 5.32 Å². The predicted octanol–water partition coefficient (Wildman–Crippen LogP) is 4.52. The second-order valence-corrected chi connectivity index (χ2v) is 6.85. The number of benzene rings is 2. The number of fused-ring (bicyclic) bond motifs is 1. The normalized spacial score (nSPS) is 10.8. The van der Waals surface area contributed by atoms with Crippen molar-refractivity contribution in [1.82, 2.24) is 4.57 Å². The fourth-order valence-corrected chi connectivity index (χ4v) is 3.38. The quantitative estimate of drug-likeness (QED) is 0.493. The zero-order chi connectivity index (χ0) is 22.1. The molecule has 31 heavy (non-hydrogen) atoms. The molecular formula is C23H18N2O6. The molecule has 0 aliphatic rings. The lowest BCUT2D eigenvalue weighted by molar-refractivity contribution is 0.0696. The molecule has 0 unspecified atom stereocenters. The van der Waals surface area contributed by atoms with Crippen LogP contribution in [0.15, 0.2) is 65.4 Å². The minimum atomic E-state index is -1.14. The van der Waals surface area contributed by atoms with E-state index in [-0.39, 0.29) is 22.7 Å². The third-order valence-corrected chi connectivity index (χ3v) is 4.84. The molecule has 0 saturated heterocycles. The first-order chi connectivity index (χ1) is 14.9. The van der Waals surface area contributed by atoms with Crippen molar-refractivity contribution >= 4 is 34.4 Å². The Hall–Kier alpha value is -4.33. The van der Waals surface area contributed by atoms with Gasteiger partial charge in [0.1, 0.15) is 11.5 Å². The molecule has 0 saturated carbocycles. The van der Waals surface area contributed by atoms with Crippen molar-refractivity contribution in [3.05, 3.63) is 72.1 Å². The van der Waals surface area contributed by atoms with Gasteiger partial charge >= 0.3 is 5.97 Å². The van der Waals surface area contributed by atoms with Gasteiger partial charge in [-0.3, -0.25) is 14.2 Å². The van der Waals surface area contributed by atoms with E-state index in [1.807, 2.05) is 0 Å². The second kappa shape index (κ2) is 7.83. The van der Waals surface area contributed by atoms with Crippen LogP contribution < -0.4 is 10.1 Å². The standard InChI is InChI=1S/C23H18N2O6/c1-13(26)25-12-19(18-11-17(30-2)5-6-20(18)25)22(27)24-16-9-14(21-4-3-7-31-21)8-15(10-16)23(28)29/h3-12H,1-2H3,(H,24,27)(H,28,29). The first-order valence-electron chi connectivity index (χ1n) is 9.31. The van der Waals surface area contributed by atoms with Gasteiger partial charge in [0.05, 0.1) is 30.0 Å². The Bertz CT molecular complexity index is 1320. The molecule has 1 amide bonds. The average Bonchev–Trinajstić information content (AvgIpc) is 3.41. The fraction of sp³-hybridized carbons (Fsp3) is 0.0870. The fourth-order valence-electron chi connectivity index (χ4n) is 3.38. The molecule has 0 bridgehead atoms. The van der Waals surface area contributed by atoms with Crippen molar-refractivity contribution in [2.24, 2.45) is 0 Å². The largest absolute Gasteiger partial charge is 0.497 e. The molecule has 4 aromatic rings. The van der Waals surface area contributed by atoms with Crippen LogP contribution in [-0.2, 0) is 0 Å². The zero-order valence-electron chi connectivity index (χ0n) is 16.7. The van der Waals surface area contributed by atoms with E-state index in [4.69, 9.17) is 9.15 Å². The summed E-state index contributed by atoms with van der Waals surface area (Å²) in [6, 6.07) is 12.9. The van der Waals surface area contributed by atoms with E-state index in [1.54, 1.807) is 36.4 Å². The SMILES string of the molecule is COc1ccc2c(c1)c(C(=O)Nc1cc(C(=O)O)cc(-c3ccco3)c1)cn2C(C)=O. The van der Waals surface area contributed by atoms with E-state index < -0.39 is 11.9 Å². The Kier molecular flexibility index (Phi) is 5.04. The first-order valence-corrected chi connectivity index (χ1v) is 9.31. The third kappa shape index (κ3) is 3.78. The van der Waals surface area contributed by atoms with Gasteiger partial charge in [0.15, 0.2) is 0 Å². The van der Waals surface area contributed by atoms with Crippen molar-refractivity contribution in [2.75, 3.05) is 12.4 Å². The molecular weight excluding hydrogens is 400 g/mol. The molecule has 0 spiro atoms. The number of carboxylic acids is 1. The van der Waals surface area contributed by atoms with Gasteiger partial charge in [-0.25, -0.2) is 4.79 Å². The Morgan fingerprint density at radius 3 is 2.55 bits per heavy atom. The topological polar surface area (TPSA) is 111 Å². The predicted molar refractivity (Wildman–Crippen MR) is 114 cm³/mol. The van der Waals surface area contributed by atoms with Crippen molar-refractivity contribution in [3.8, 4) is 17.1 Å². The molecule has 2 aromatic heterocycles. The number of nitrogens with one attached hydrogen (secondary N) is 1. The van der Waals surface area contributed by atoms with E-state index in [0.717, 1.165) is 0 Å². The summed E-state index contributed by atoms with van der Waals surface area (Å²) in [6.07, 6.45) is 2.93. The lowest BCUT2D eigenvalue weighted by atomic mass is 10.1. The maximum Gasteiger partial charge on any atom is 0.335 e. The number of hydrogen-bond donors (Lipinski definition) is 2. The molecule has 0 fully saturated rings. The van der Waals surface area contributed by atoms with Crippen LogP contribution >= 0.6 is 0 Å². The van der Waals surface area contributed by atoms with Crippen LogP contribution in [-0.4, -0.2) is 34.6 Å². The smallest absolute Gasteiger partial charge is 0.335 e. The Balaban J connectivity index is 1.77. The van der Waals surface area contributed by atoms with Crippen molar-refractivity contribution < 1.29 is 28.6 Å². The molecule has 4 rings (SSSR count). The molecule has 2 heterocycles. The van der Waals surface area contributed by atoms with Gasteiger partial charge in [-0.15, -0.1) is 0 Å². The lowest BCUT2D eigenvalue weighted by Gasteiger charge is -2.08. The van der Waals surface area contributed by atoms with Gasteiger partial charge in [-0.05, 0) is 48.5 Å². The molecule has 0 aliphatic carbocycles. The van der Waals surface area contributed by atoms with Crippen molar-refractivity contribution in [1.29, 1.82) is 0 Å². The third-order valence-electron chi connectivity index (χ3n) is 4.84. The summed E-state index contributed by atoms with van der Waals surface area (Å²) >= 11 is 0. The highest BCUT2D eigenvalue weighted by atomic mass is 16.5. The number of rotatable bonds is 5. The Labute approximate surface area is 176 Å². The van der Waals surface area contributed by atoms with Gasteiger partial charge < -0.3 is 19.6 Å². The van der Waals surface area contributed by atoms with Gasteiger partial charge in [0.25, 0.3) is 5.91 Å². The number of amides is 1.